The molecule has 0 saturated carbocycles. The number of nitrogen functional groups attached to an aromatic ring is 1. The Balaban J connectivity index is 1.96. The molecule has 0 spiro atoms. The molecule has 1 aromatic heterocycles. The summed E-state index contributed by atoms with van der Waals surface area (Å²) in [4.78, 5) is 8.26. The Morgan fingerprint density at radius 2 is 2.56 bits per heavy atom. The lowest BCUT2D eigenvalue weighted by Gasteiger charge is -2.09. The maximum Gasteiger partial charge on any atom is 0.238 e. The molecule has 5 nitrogen and oxygen atoms in total. The van der Waals surface area contributed by atoms with E-state index in [9.17, 15) is 0 Å². The molecule has 7 heteroatoms. The van der Waals surface area contributed by atoms with Gasteiger partial charge in [0.25, 0.3) is 0 Å². The first-order valence-electron chi connectivity index (χ1n) is 5.03. The molecule has 1 aliphatic heterocycles. The Labute approximate surface area is 107 Å². The number of nitrogens with zero attached hydrogens (tertiary/aromatic N) is 2. The van der Waals surface area contributed by atoms with Gasteiger partial charge in [-0.3, -0.25) is 5.43 Å². The Morgan fingerprint density at radius 3 is 3.25 bits per heavy atom. The lowest BCUT2D eigenvalue weighted by molar-refractivity contribution is 0.129. The van der Waals surface area contributed by atoms with Crippen LogP contribution in [0.15, 0.2) is 15.7 Å². The molecule has 1 aromatic rings. The average molecular weight is 305 g/mol. The fraction of sp³-hybridized carbons (Fsp3) is 0.556. The minimum Gasteiger partial charge on any atom is -0.377 e. The summed E-state index contributed by atoms with van der Waals surface area (Å²) < 4.78 is 6.44. The van der Waals surface area contributed by atoms with E-state index in [-0.39, 0.29) is 0 Å². The molecule has 1 unspecified atom stereocenters. The van der Waals surface area contributed by atoms with Gasteiger partial charge in [0, 0.05) is 18.6 Å². The Bertz CT molecular complexity index is 359. The molecule has 1 saturated heterocycles. The van der Waals surface area contributed by atoms with Gasteiger partial charge in [0.05, 0.1) is 10.6 Å². The zero-order chi connectivity index (χ0) is 11.4. The molecular formula is C9H13BrN4OS. The van der Waals surface area contributed by atoms with Crippen LogP contribution in [0.1, 0.15) is 12.8 Å². The summed E-state index contributed by atoms with van der Waals surface area (Å²) in [6.07, 6.45) is 4.34. The third-order valence-electron chi connectivity index (χ3n) is 2.27. The van der Waals surface area contributed by atoms with Gasteiger partial charge >= 0.3 is 0 Å². The minimum atomic E-state index is 0.348. The standard InChI is InChI=1S/C9H13BrN4OS/c10-7-4-12-9(14-11)13-8(7)16-5-6-2-1-3-15-6/h4,6H,1-3,5,11H2,(H,12,13,14). The normalized spacial score (nSPS) is 20.0. The molecule has 2 rings (SSSR count). The van der Waals surface area contributed by atoms with E-state index in [1.54, 1.807) is 18.0 Å². The van der Waals surface area contributed by atoms with Crippen molar-refractivity contribution in [2.45, 2.75) is 24.0 Å². The van der Waals surface area contributed by atoms with Gasteiger partial charge in [-0.15, -0.1) is 11.8 Å². The average Bonchev–Trinajstić information content (AvgIpc) is 2.81. The van der Waals surface area contributed by atoms with Crippen molar-refractivity contribution < 1.29 is 4.74 Å². The number of anilines is 1. The third kappa shape index (κ3) is 3.07. The molecule has 0 aromatic carbocycles. The fourth-order valence-corrected chi connectivity index (χ4v) is 2.95. The lowest BCUT2D eigenvalue weighted by atomic mass is 10.3. The molecule has 2 heterocycles. The topological polar surface area (TPSA) is 73.1 Å². The largest absolute Gasteiger partial charge is 0.377 e. The first kappa shape index (κ1) is 12.1. The van der Waals surface area contributed by atoms with Crippen LogP contribution >= 0.6 is 27.7 Å². The van der Waals surface area contributed by atoms with Crippen molar-refractivity contribution in [1.82, 2.24) is 9.97 Å². The van der Waals surface area contributed by atoms with Gasteiger partial charge in [0.1, 0.15) is 5.03 Å². The predicted octanol–water partition coefficient (Wildman–Crippen LogP) is 1.80. The number of nitrogens with one attached hydrogen (secondary N) is 1. The first-order valence-corrected chi connectivity index (χ1v) is 6.81. The summed E-state index contributed by atoms with van der Waals surface area (Å²) in [7, 11) is 0. The second-order valence-electron chi connectivity index (χ2n) is 3.44. The van der Waals surface area contributed by atoms with E-state index in [4.69, 9.17) is 10.6 Å². The molecule has 0 radical (unpaired) electrons. The molecule has 3 N–H and O–H groups in total. The first-order chi connectivity index (χ1) is 7.79. The second kappa shape index (κ2) is 5.81. The number of hydrogen-bond donors (Lipinski definition) is 2. The summed E-state index contributed by atoms with van der Waals surface area (Å²) in [5.41, 5.74) is 2.43. The number of rotatable bonds is 4. The van der Waals surface area contributed by atoms with Gasteiger partial charge in [0.2, 0.25) is 5.95 Å². The van der Waals surface area contributed by atoms with Gasteiger partial charge in [-0.05, 0) is 28.8 Å². The van der Waals surface area contributed by atoms with E-state index in [0.29, 0.717) is 12.1 Å². The van der Waals surface area contributed by atoms with Crippen molar-refractivity contribution in [3.05, 3.63) is 10.7 Å². The summed E-state index contributed by atoms with van der Waals surface area (Å²) in [6.45, 7) is 0.881. The van der Waals surface area contributed by atoms with Gasteiger partial charge < -0.3 is 4.74 Å². The van der Waals surface area contributed by atoms with Crippen LogP contribution in [-0.4, -0.2) is 28.4 Å². The van der Waals surface area contributed by atoms with Crippen molar-refractivity contribution in [3.8, 4) is 0 Å². The number of hydrogen-bond acceptors (Lipinski definition) is 6. The van der Waals surface area contributed by atoms with Crippen molar-refractivity contribution >= 4 is 33.6 Å². The van der Waals surface area contributed by atoms with Crippen molar-refractivity contribution in [3.63, 3.8) is 0 Å². The molecule has 16 heavy (non-hydrogen) atoms. The molecule has 1 fully saturated rings. The second-order valence-corrected chi connectivity index (χ2v) is 5.30. The van der Waals surface area contributed by atoms with Crippen LogP contribution in [0.4, 0.5) is 5.95 Å². The lowest BCUT2D eigenvalue weighted by Crippen LogP contribution is -2.11. The highest BCUT2D eigenvalue weighted by molar-refractivity contribution is 9.10. The van der Waals surface area contributed by atoms with E-state index >= 15 is 0 Å². The minimum absolute atomic E-state index is 0.348. The van der Waals surface area contributed by atoms with E-state index in [2.05, 4.69) is 31.3 Å². The van der Waals surface area contributed by atoms with Gasteiger partial charge in [-0.25, -0.2) is 15.8 Å². The molecule has 1 aliphatic rings. The monoisotopic (exact) mass is 304 g/mol. The maximum atomic E-state index is 5.55. The molecule has 0 aliphatic carbocycles. The summed E-state index contributed by atoms with van der Waals surface area (Å²) >= 11 is 5.07. The smallest absolute Gasteiger partial charge is 0.238 e. The zero-order valence-corrected chi connectivity index (χ0v) is 11.1. The number of hydrazine groups is 1. The number of aromatic nitrogens is 2. The Hall–Kier alpha value is -0.370. The molecule has 1 atom stereocenters. The predicted molar refractivity (Wildman–Crippen MR) is 67.2 cm³/mol. The number of nitrogens with two attached hydrogens (primary N) is 1. The SMILES string of the molecule is NNc1ncc(Br)c(SCC2CCCO2)n1. The van der Waals surface area contributed by atoms with Gasteiger partial charge in [0.15, 0.2) is 0 Å². The maximum absolute atomic E-state index is 5.55. The van der Waals surface area contributed by atoms with Crippen LogP contribution in [0.3, 0.4) is 0 Å². The molecular weight excluding hydrogens is 292 g/mol. The van der Waals surface area contributed by atoms with Gasteiger partial charge in [-0.1, -0.05) is 0 Å². The Kier molecular flexibility index (Phi) is 4.39. The van der Waals surface area contributed by atoms with E-state index < -0.39 is 0 Å². The van der Waals surface area contributed by atoms with Crippen LogP contribution in [-0.2, 0) is 4.74 Å². The number of halogens is 1. The van der Waals surface area contributed by atoms with Crippen LogP contribution in [0.2, 0.25) is 0 Å². The summed E-state index contributed by atoms with van der Waals surface area (Å²) in [6, 6.07) is 0. The summed E-state index contributed by atoms with van der Waals surface area (Å²) in [5, 5.41) is 0.887. The molecule has 0 bridgehead atoms. The quantitative estimate of drug-likeness (QED) is 0.382. The van der Waals surface area contributed by atoms with Crippen LogP contribution < -0.4 is 11.3 Å². The number of ether oxygens (including phenoxy) is 1. The molecule has 0 amide bonds. The van der Waals surface area contributed by atoms with Crippen molar-refractivity contribution in [1.29, 1.82) is 0 Å². The van der Waals surface area contributed by atoms with Crippen molar-refractivity contribution in [2.75, 3.05) is 17.8 Å². The third-order valence-corrected chi connectivity index (χ3v) is 4.24. The van der Waals surface area contributed by atoms with E-state index in [1.165, 1.54) is 0 Å². The highest BCUT2D eigenvalue weighted by Crippen LogP contribution is 2.28. The van der Waals surface area contributed by atoms with E-state index in [0.717, 1.165) is 34.7 Å². The summed E-state index contributed by atoms with van der Waals surface area (Å²) in [5.74, 6) is 6.61. The highest BCUT2D eigenvalue weighted by Gasteiger charge is 2.16. The van der Waals surface area contributed by atoms with Crippen LogP contribution in [0, 0.1) is 0 Å². The number of thioether (sulfide) groups is 1. The van der Waals surface area contributed by atoms with Crippen molar-refractivity contribution in [2.24, 2.45) is 5.84 Å². The fourth-order valence-electron chi connectivity index (χ4n) is 1.47. The van der Waals surface area contributed by atoms with Crippen LogP contribution in [0.25, 0.3) is 0 Å². The van der Waals surface area contributed by atoms with E-state index in [1.807, 2.05) is 0 Å². The Morgan fingerprint density at radius 1 is 1.69 bits per heavy atom. The van der Waals surface area contributed by atoms with Gasteiger partial charge in [-0.2, -0.15) is 0 Å². The zero-order valence-electron chi connectivity index (χ0n) is 8.65. The highest BCUT2D eigenvalue weighted by atomic mass is 79.9. The van der Waals surface area contributed by atoms with Crippen LogP contribution in [0.5, 0.6) is 0 Å². The molecule has 88 valence electrons.